The van der Waals surface area contributed by atoms with Gasteiger partial charge in [-0.2, -0.15) is 0 Å². The summed E-state index contributed by atoms with van der Waals surface area (Å²) in [5.74, 6) is -0.288. The quantitative estimate of drug-likeness (QED) is 0.904. The van der Waals surface area contributed by atoms with Crippen LogP contribution in [0, 0.1) is 5.82 Å². The largest absolute Gasteiger partial charge is 0.378 e. The predicted octanol–water partition coefficient (Wildman–Crippen LogP) is 3.68. The van der Waals surface area contributed by atoms with Crippen molar-refractivity contribution in [3.8, 4) is 0 Å². The maximum absolute atomic E-state index is 12.8. The summed E-state index contributed by atoms with van der Waals surface area (Å²) < 4.78 is 12.8. The highest BCUT2D eigenvalue weighted by Gasteiger charge is 2.00. The van der Waals surface area contributed by atoms with Crippen molar-refractivity contribution >= 4 is 23.5 Å². The first kappa shape index (κ1) is 15.6. The van der Waals surface area contributed by atoms with Gasteiger partial charge in [-0.25, -0.2) is 9.18 Å². The average molecular weight is 299 g/mol. The summed E-state index contributed by atoms with van der Waals surface area (Å²) in [5, 5.41) is 5.32. The average Bonchev–Trinajstić information content (AvgIpc) is 2.50. The molecule has 2 aromatic carbocycles. The number of nitrogens with one attached hydrogen (secondary N) is 2. The molecule has 2 amide bonds. The molecule has 0 aromatic heterocycles. The molecule has 2 aromatic rings. The Morgan fingerprint density at radius 1 is 1.05 bits per heavy atom. The fourth-order valence-corrected chi connectivity index (χ4v) is 1.80. The second-order valence-corrected chi connectivity index (χ2v) is 4.92. The number of nitrogens with zero attached hydrogens (tertiary/aromatic N) is 1. The monoisotopic (exact) mass is 299 g/mol. The van der Waals surface area contributed by atoms with Gasteiger partial charge < -0.3 is 15.5 Å². The van der Waals surface area contributed by atoms with Crippen LogP contribution in [0.25, 0.3) is 6.08 Å². The van der Waals surface area contributed by atoms with Gasteiger partial charge in [0.15, 0.2) is 0 Å². The van der Waals surface area contributed by atoms with E-state index in [1.807, 2.05) is 43.3 Å². The Labute approximate surface area is 129 Å². The third-order valence-electron chi connectivity index (χ3n) is 3.00. The summed E-state index contributed by atoms with van der Waals surface area (Å²) >= 11 is 0. The lowest BCUT2D eigenvalue weighted by molar-refractivity contribution is 0.255. The molecule has 4 nitrogen and oxygen atoms in total. The van der Waals surface area contributed by atoms with E-state index in [2.05, 4.69) is 10.6 Å². The van der Waals surface area contributed by atoms with Crippen molar-refractivity contribution in [2.24, 2.45) is 0 Å². The molecule has 0 saturated heterocycles. The molecule has 22 heavy (non-hydrogen) atoms. The van der Waals surface area contributed by atoms with Gasteiger partial charge in [0.1, 0.15) is 5.82 Å². The summed E-state index contributed by atoms with van der Waals surface area (Å²) in [6, 6.07) is 13.2. The molecular weight excluding hydrogens is 281 g/mol. The van der Waals surface area contributed by atoms with E-state index < -0.39 is 0 Å². The molecule has 2 rings (SSSR count). The minimum absolute atomic E-state index is 0.288. The van der Waals surface area contributed by atoms with E-state index in [0.29, 0.717) is 5.69 Å². The molecule has 0 saturated carbocycles. The first-order chi connectivity index (χ1) is 10.5. The Morgan fingerprint density at radius 2 is 1.68 bits per heavy atom. The predicted molar refractivity (Wildman–Crippen MR) is 88.4 cm³/mol. The zero-order valence-corrected chi connectivity index (χ0v) is 12.5. The number of urea groups is 1. The van der Waals surface area contributed by atoms with E-state index in [1.54, 1.807) is 18.2 Å². The highest BCUT2D eigenvalue weighted by Crippen LogP contribution is 2.15. The molecule has 2 N–H and O–H groups in total. The van der Waals surface area contributed by atoms with Crippen molar-refractivity contribution in [1.29, 1.82) is 0 Å². The van der Waals surface area contributed by atoms with Crippen molar-refractivity contribution < 1.29 is 9.18 Å². The first-order valence-electron chi connectivity index (χ1n) is 6.81. The third-order valence-corrected chi connectivity index (χ3v) is 3.00. The SMILES string of the molecule is CN(C)c1ccc(NC(=O)N/C=C/c2ccc(F)cc2)cc1. The number of hydrogen-bond acceptors (Lipinski definition) is 2. The smallest absolute Gasteiger partial charge is 0.323 e. The summed E-state index contributed by atoms with van der Waals surface area (Å²) in [6.45, 7) is 0. The Kier molecular flexibility index (Phi) is 5.14. The molecule has 0 unspecified atom stereocenters. The van der Waals surface area contributed by atoms with Crippen LogP contribution < -0.4 is 15.5 Å². The van der Waals surface area contributed by atoms with E-state index in [-0.39, 0.29) is 11.8 Å². The fraction of sp³-hybridized carbons (Fsp3) is 0.118. The summed E-state index contributed by atoms with van der Waals surface area (Å²) in [5.41, 5.74) is 2.57. The van der Waals surface area contributed by atoms with E-state index in [1.165, 1.54) is 18.3 Å². The van der Waals surface area contributed by atoms with Crippen molar-refractivity contribution in [2.75, 3.05) is 24.3 Å². The van der Waals surface area contributed by atoms with Crippen LogP contribution in [0.15, 0.2) is 54.7 Å². The Balaban J connectivity index is 1.86. The van der Waals surface area contributed by atoms with Crippen LogP contribution in [0.4, 0.5) is 20.6 Å². The van der Waals surface area contributed by atoms with Gasteiger partial charge in [-0.1, -0.05) is 12.1 Å². The van der Waals surface area contributed by atoms with E-state index >= 15 is 0 Å². The fourth-order valence-electron chi connectivity index (χ4n) is 1.80. The van der Waals surface area contributed by atoms with Gasteiger partial charge in [-0.3, -0.25) is 0 Å². The highest BCUT2D eigenvalue weighted by molar-refractivity contribution is 5.90. The lowest BCUT2D eigenvalue weighted by Crippen LogP contribution is -2.23. The molecule has 0 fully saturated rings. The van der Waals surface area contributed by atoms with E-state index in [9.17, 15) is 9.18 Å². The highest BCUT2D eigenvalue weighted by atomic mass is 19.1. The minimum atomic E-state index is -0.337. The molecule has 0 heterocycles. The molecule has 0 radical (unpaired) electrons. The molecule has 0 atom stereocenters. The standard InChI is InChI=1S/C17H18FN3O/c1-21(2)16-9-7-15(8-10-16)20-17(22)19-12-11-13-3-5-14(18)6-4-13/h3-12H,1-2H3,(H2,19,20,22)/b12-11+. The maximum Gasteiger partial charge on any atom is 0.323 e. The van der Waals surface area contributed by atoms with Gasteiger partial charge in [0, 0.05) is 31.7 Å². The number of hydrogen-bond donors (Lipinski definition) is 2. The van der Waals surface area contributed by atoms with Crippen molar-refractivity contribution in [3.63, 3.8) is 0 Å². The number of rotatable bonds is 4. The molecule has 114 valence electrons. The van der Waals surface area contributed by atoms with Crippen molar-refractivity contribution in [1.82, 2.24) is 5.32 Å². The number of anilines is 2. The zero-order chi connectivity index (χ0) is 15.9. The van der Waals surface area contributed by atoms with Crippen molar-refractivity contribution in [2.45, 2.75) is 0 Å². The first-order valence-corrected chi connectivity index (χ1v) is 6.81. The molecule has 5 heteroatoms. The lowest BCUT2D eigenvalue weighted by atomic mass is 10.2. The molecular formula is C17H18FN3O. The zero-order valence-electron chi connectivity index (χ0n) is 12.5. The Hall–Kier alpha value is -2.82. The van der Waals surface area contributed by atoms with Crippen LogP contribution in [0.3, 0.4) is 0 Å². The van der Waals surface area contributed by atoms with Crippen LogP contribution in [0.2, 0.25) is 0 Å². The van der Waals surface area contributed by atoms with E-state index in [0.717, 1.165) is 11.3 Å². The number of benzene rings is 2. The van der Waals surface area contributed by atoms with Crippen LogP contribution in [0.5, 0.6) is 0 Å². The molecule has 0 aliphatic heterocycles. The van der Waals surface area contributed by atoms with Crippen LogP contribution >= 0.6 is 0 Å². The summed E-state index contributed by atoms with van der Waals surface area (Å²) in [7, 11) is 3.91. The van der Waals surface area contributed by atoms with Gasteiger partial charge in [0.05, 0.1) is 0 Å². The molecule has 0 spiro atoms. The number of halogens is 1. The maximum atomic E-state index is 12.8. The Bertz CT molecular complexity index is 649. The summed E-state index contributed by atoms with van der Waals surface area (Å²) in [4.78, 5) is 13.7. The van der Waals surface area contributed by atoms with Crippen LogP contribution in [0.1, 0.15) is 5.56 Å². The molecule has 0 aliphatic carbocycles. The van der Waals surface area contributed by atoms with Crippen LogP contribution in [-0.4, -0.2) is 20.1 Å². The second-order valence-electron chi connectivity index (χ2n) is 4.92. The third kappa shape index (κ3) is 4.63. The van der Waals surface area contributed by atoms with Gasteiger partial charge in [0.25, 0.3) is 0 Å². The number of amides is 2. The molecule has 0 bridgehead atoms. The molecule has 0 aliphatic rings. The van der Waals surface area contributed by atoms with Gasteiger partial charge in [-0.15, -0.1) is 0 Å². The second kappa shape index (κ2) is 7.26. The summed E-state index contributed by atoms with van der Waals surface area (Å²) in [6.07, 6.45) is 3.20. The van der Waals surface area contributed by atoms with Crippen LogP contribution in [-0.2, 0) is 0 Å². The van der Waals surface area contributed by atoms with E-state index in [4.69, 9.17) is 0 Å². The topological polar surface area (TPSA) is 44.4 Å². The number of carbonyl (C=O) groups excluding carboxylic acids is 1. The number of carbonyl (C=O) groups is 1. The minimum Gasteiger partial charge on any atom is -0.378 e. The van der Waals surface area contributed by atoms with Gasteiger partial charge in [0.2, 0.25) is 0 Å². The van der Waals surface area contributed by atoms with Crippen molar-refractivity contribution in [3.05, 3.63) is 66.1 Å². The Morgan fingerprint density at radius 3 is 2.27 bits per heavy atom. The lowest BCUT2D eigenvalue weighted by Gasteiger charge is -2.12. The normalized spacial score (nSPS) is 10.5. The van der Waals surface area contributed by atoms with Gasteiger partial charge >= 0.3 is 6.03 Å². The van der Waals surface area contributed by atoms with Gasteiger partial charge in [-0.05, 0) is 48.0 Å².